The van der Waals surface area contributed by atoms with Gasteiger partial charge in [-0.25, -0.2) is 4.52 Å². The maximum absolute atomic E-state index is 12.1. The Morgan fingerprint density at radius 2 is 2.45 bits per heavy atom. The highest BCUT2D eigenvalue weighted by Crippen LogP contribution is 2.15. The molecule has 1 aliphatic heterocycles. The zero-order valence-corrected chi connectivity index (χ0v) is 11.4. The summed E-state index contributed by atoms with van der Waals surface area (Å²) in [6, 6.07) is 5.47. The second kappa shape index (κ2) is 5.46. The van der Waals surface area contributed by atoms with Crippen molar-refractivity contribution < 1.29 is 4.79 Å². The minimum absolute atomic E-state index is 0.0126. The van der Waals surface area contributed by atoms with Gasteiger partial charge in [-0.2, -0.15) is 4.98 Å². The summed E-state index contributed by atoms with van der Waals surface area (Å²) in [4.78, 5) is 18.6. The number of nitrogens with zero attached hydrogens (tertiary/aromatic N) is 4. The van der Waals surface area contributed by atoms with Crippen LogP contribution in [0.2, 0.25) is 0 Å². The number of piperazine rings is 1. The van der Waals surface area contributed by atoms with Crippen LogP contribution < -0.4 is 15.5 Å². The van der Waals surface area contributed by atoms with Crippen molar-refractivity contribution >= 4 is 17.5 Å². The lowest BCUT2D eigenvalue weighted by atomic mass is 10.2. The first-order valence-electron chi connectivity index (χ1n) is 6.86. The molecule has 1 aliphatic rings. The molecule has 1 atom stereocenters. The molecule has 7 heteroatoms. The smallest absolute Gasteiger partial charge is 0.246 e. The highest BCUT2D eigenvalue weighted by atomic mass is 16.2. The number of hydrogen-bond donors (Lipinski definition) is 2. The molecule has 0 saturated carbocycles. The van der Waals surface area contributed by atoms with E-state index in [0.717, 1.165) is 18.7 Å². The summed E-state index contributed by atoms with van der Waals surface area (Å²) < 4.78 is 1.73. The topological polar surface area (TPSA) is 74.6 Å². The normalized spacial score (nSPS) is 19.2. The van der Waals surface area contributed by atoms with Crippen molar-refractivity contribution in [2.45, 2.75) is 13.0 Å². The minimum atomic E-state index is -0.263. The van der Waals surface area contributed by atoms with Gasteiger partial charge in [0.05, 0.1) is 0 Å². The molecule has 0 radical (unpaired) electrons. The molecular weight excluding hydrogens is 256 g/mol. The monoisotopic (exact) mass is 274 g/mol. The van der Waals surface area contributed by atoms with Crippen molar-refractivity contribution in [2.75, 3.05) is 31.1 Å². The van der Waals surface area contributed by atoms with E-state index in [1.54, 1.807) is 4.52 Å². The molecule has 2 aromatic heterocycles. The Balaban J connectivity index is 1.90. The van der Waals surface area contributed by atoms with Gasteiger partial charge in [-0.05, 0) is 19.1 Å². The molecule has 0 aromatic carbocycles. The Bertz CT molecular complexity index is 577. The Hall–Kier alpha value is -2.15. The molecule has 1 fully saturated rings. The Morgan fingerprint density at radius 1 is 1.55 bits per heavy atom. The molecule has 1 saturated heterocycles. The number of carbonyl (C=O) groups excluding carboxylic acids is 1. The van der Waals surface area contributed by atoms with Crippen LogP contribution in [-0.2, 0) is 4.79 Å². The second-order valence-corrected chi connectivity index (χ2v) is 4.72. The molecule has 1 amide bonds. The van der Waals surface area contributed by atoms with Crippen molar-refractivity contribution in [2.24, 2.45) is 0 Å². The fourth-order valence-electron chi connectivity index (χ4n) is 2.41. The number of likely N-dealkylation sites (N-methyl/N-ethyl adjacent to an activating group) is 1. The summed E-state index contributed by atoms with van der Waals surface area (Å²) in [7, 11) is 0. The SMILES string of the molecule is CCNC(=O)C1CNCCN1c1nc2ccccn2n1. The van der Waals surface area contributed by atoms with E-state index in [9.17, 15) is 4.79 Å². The summed E-state index contributed by atoms with van der Waals surface area (Å²) in [5, 5.41) is 10.6. The fraction of sp³-hybridized carbons (Fsp3) is 0.462. The van der Waals surface area contributed by atoms with Gasteiger partial charge in [0.1, 0.15) is 6.04 Å². The second-order valence-electron chi connectivity index (χ2n) is 4.72. The van der Waals surface area contributed by atoms with Crippen LogP contribution in [-0.4, -0.2) is 52.7 Å². The van der Waals surface area contributed by atoms with Crippen LogP contribution in [0.5, 0.6) is 0 Å². The molecule has 1 unspecified atom stereocenters. The molecule has 3 rings (SSSR count). The average Bonchev–Trinajstić information content (AvgIpc) is 2.91. The van der Waals surface area contributed by atoms with Crippen LogP contribution in [0, 0.1) is 0 Å². The third-order valence-electron chi connectivity index (χ3n) is 3.38. The van der Waals surface area contributed by atoms with Crippen molar-refractivity contribution in [3.63, 3.8) is 0 Å². The first-order chi connectivity index (χ1) is 9.79. The van der Waals surface area contributed by atoms with Crippen LogP contribution in [0.3, 0.4) is 0 Å². The van der Waals surface area contributed by atoms with Gasteiger partial charge < -0.3 is 15.5 Å². The Labute approximate surface area is 117 Å². The number of pyridine rings is 1. The first kappa shape index (κ1) is 12.9. The summed E-state index contributed by atoms with van der Waals surface area (Å²) >= 11 is 0. The quantitative estimate of drug-likeness (QED) is 0.800. The van der Waals surface area contributed by atoms with E-state index in [0.29, 0.717) is 19.0 Å². The van der Waals surface area contributed by atoms with Gasteiger partial charge in [0, 0.05) is 32.4 Å². The number of nitrogens with one attached hydrogen (secondary N) is 2. The molecule has 106 valence electrons. The van der Waals surface area contributed by atoms with Crippen molar-refractivity contribution in [1.29, 1.82) is 0 Å². The Morgan fingerprint density at radius 3 is 3.25 bits per heavy atom. The lowest BCUT2D eigenvalue weighted by molar-refractivity contribution is -0.122. The zero-order chi connectivity index (χ0) is 13.9. The number of fused-ring (bicyclic) bond motifs is 1. The molecule has 2 N–H and O–H groups in total. The molecule has 2 aromatic rings. The predicted octanol–water partition coefficient (Wildman–Crippen LogP) is -0.356. The number of anilines is 1. The van der Waals surface area contributed by atoms with Gasteiger partial charge in [0.2, 0.25) is 11.9 Å². The average molecular weight is 274 g/mol. The summed E-state index contributed by atoms with van der Waals surface area (Å²) in [6.07, 6.45) is 1.86. The fourth-order valence-corrected chi connectivity index (χ4v) is 2.41. The van der Waals surface area contributed by atoms with E-state index in [2.05, 4.69) is 20.7 Å². The third kappa shape index (κ3) is 2.32. The van der Waals surface area contributed by atoms with Gasteiger partial charge in [-0.3, -0.25) is 4.79 Å². The van der Waals surface area contributed by atoms with Gasteiger partial charge in [-0.15, -0.1) is 5.10 Å². The van der Waals surface area contributed by atoms with Crippen LogP contribution in [0.4, 0.5) is 5.95 Å². The lowest BCUT2D eigenvalue weighted by Crippen LogP contribution is -2.58. The van der Waals surface area contributed by atoms with Crippen molar-refractivity contribution in [3.05, 3.63) is 24.4 Å². The molecule has 20 heavy (non-hydrogen) atoms. The van der Waals surface area contributed by atoms with Gasteiger partial charge in [0.15, 0.2) is 5.65 Å². The lowest BCUT2D eigenvalue weighted by Gasteiger charge is -2.34. The predicted molar refractivity (Wildman–Crippen MR) is 75.7 cm³/mol. The largest absolute Gasteiger partial charge is 0.355 e. The number of rotatable bonds is 3. The summed E-state index contributed by atoms with van der Waals surface area (Å²) in [5.41, 5.74) is 0.788. The molecule has 0 aliphatic carbocycles. The van der Waals surface area contributed by atoms with Crippen LogP contribution >= 0.6 is 0 Å². The summed E-state index contributed by atoms with van der Waals surface area (Å²) in [6.45, 7) is 4.70. The van der Waals surface area contributed by atoms with E-state index >= 15 is 0 Å². The van der Waals surface area contributed by atoms with E-state index in [1.165, 1.54) is 0 Å². The Kier molecular flexibility index (Phi) is 3.51. The van der Waals surface area contributed by atoms with Crippen molar-refractivity contribution in [3.8, 4) is 0 Å². The standard InChI is InChI=1S/C13H18N6O/c1-2-15-12(20)10-9-14-6-8-18(10)13-16-11-5-3-4-7-19(11)17-13/h3-5,7,10,14H,2,6,8-9H2,1H3,(H,15,20). The van der Waals surface area contributed by atoms with Gasteiger partial charge in [0.25, 0.3) is 0 Å². The number of amides is 1. The zero-order valence-electron chi connectivity index (χ0n) is 11.4. The van der Waals surface area contributed by atoms with Crippen molar-refractivity contribution in [1.82, 2.24) is 25.2 Å². The van der Waals surface area contributed by atoms with E-state index in [1.807, 2.05) is 36.2 Å². The number of aromatic nitrogens is 3. The van der Waals surface area contributed by atoms with Crippen LogP contribution in [0.25, 0.3) is 5.65 Å². The number of hydrogen-bond acceptors (Lipinski definition) is 5. The van der Waals surface area contributed by atoms with Crippen LogP contribution in [0.15, 0.2) is 24.4 Å². The van der Waals surface area contributed by atoms with Gasteiger partial charge in [-0.1, -0.05) is 6.07 Å². The molecule has 0 spiro atoms. The van der Waals surface area contributed by atoms with E-state index in [-0.39, 0.29) is 11.9 Å². The highest BCUT2D eigenvalue weighted by molar-refractivity contribution is 5.85. The third-order valence-corrected chi connectivity index (χ3v) is 3.38. The molecule has 7 nitrogen and oxygen atoms in total. The molecule has 3 heterocycles. The number of carbonyl (C=O) groups is 1. The summed E-state index contributed by atoms with van der Waals surface area (Å²) in [5.74, 6) is 0.618. The van der Waals surface area contributed by atoms with E-state index < -0.39 is 0 Å². The molecular formula is C13H18N6O. The van der Waals surface area contributed by atoms with Crippen LogP contribution in [0.1, 0.15) is 6.92 Å². The highest BCUT2D eigenvalue weighted by Gasteiger charge is 2.30. The first-order valence-corrected chi connectivity index (χ1v) is 6.86. The molecule has 0 bridgehead atoms. The maximum atomic E-state index is 12.1. The van der Waals surface area contributed by atoms with Gasteiger partial charge >= 0.3 is 0 Å². The van der Waals surface area contributed by atoms with E-state index in [4.69, 9.17) is 0 Å². The maximum Gasteiger partial charge on any atom is 0.246 e. The minimum Gasteiger partial charge on any atom is -0.355 e.